The van der Waals surface area contributed by atoms with E-state index in [2.05, 4.69) is 19.9 Å². The van der Waals surface area contributed by atoms with Crippen LogP contribution in [0, 0.1) is 0 Å². The lowest BCUT2D eigenvalue weighted by molar-refractivity contribution is -0.332. The van der Waals surface area contributed by atoms with E-state index in [1.165, 1.54) is 128 Å². The van der Waals surface area contributed by atoms with Gasteiger partial charge in [-0.2, -0.15) is 0 Å². The number of allylic oxidation sites excluding steroid dienone is 2. The van der Waals surface area contributed by atoms with Crippen LogP contribution in [0.1, 0.15) is 200 Å². The largest absolute Gasteiger partial charge is 0.462 e. The van der Waals surface area contributed by atoms with Crippen molar-refractivity contribution in [3.63, 3.8) is 0 Å². The highest BCUT2D eigenvalue weighted by atomic mass is 16.7. The third kappa shape index (κ3) is 26.5. The van der Waals surface area contributed by atoms with Gasteiger partial charge in [0.2, 0.25) is 0 Å². The Morgan fingerprint density at radius 3 is 1.42 bits per heavy atom. The highest BCUT2D eigenvalue weighted by Gasteiger charge is 2.47. The molecule has 0 radical (unpaired) electrons. The Morgan fingerprint density at radius 1 is 0.477 bits per heavy atom. The molecule has 0 aliphatic carbocycles. The van der Waals surface area contributed by atoms with Crippen LogP contribution in [0.2, 0.25) is 0 Å². The summed E-state index contributed by atoms with van der Waals surface area (Å²) in [6, 6.07) is 0. The van der Waals surface area contributed by atoms with Crippen molar-refractivity contribution in [2.75, 3.05) is 26.4 Å². The normalized spacial score (nSPS) is 26.4. The molecule has 2 fully saturated rings. The molecule has 7 N–H and O–H groups in total. The summed E-state index contributed by atoms with van der Waals surface area (Å²) in [6.45, 7) is 2.57. The van der Waals surface area contributed by atoms with Crippen LogP contribution in [0.25, 0.3) is 0 Å². The van der Waals surface area contributed by atoms with Crippen LogP contribution in [-0.2, 0) is 38.0 Å². The van der Waals surface area contributed by atoms with E-state index >= 15 is 0 Å². The van der Waals surface area contributed by atoms with Crippen molar-refractivity contribution in [2.45, 2.75) is 268 Å². The van der Waals surface area contributed by atoms with E-state index in [1.807, 2.05) is 6.08 Å². The van der Waals surface area contributed by atoms with E-state index < -0.39 is 92.7 Å². The SMILES string of the molecule is CCCCCCCCCCCCC/C=C/CCC(=O)OC[C@H](CO[C@@H]1O[C@H](CO[C@@H]2O[C@H](CO)[C@H](O)C(O)C2O)[C@H](O)C(O)C1O)OC(=O)CCCCCCCCCCCCCCCC. The zero-order valence-electron chi connectivity index (χ0n) is 40.2. The van der Waals surface area contributed by atoms with E-state index in [0.717, 1.165) is 32.1 Å². The van der Waals surface area contributed by atoms with Crippen molar-refractivity contribution < 1.29 is 73.8 Å². The molecule has 0 bridgehead atoms. The Balaban J connectivity index is 1.82. The molecule has 382 valence electrons. The summed E-state index contributed by atoms with van der Waals surface area (Å²) >= 11 is 0. The summed E-state index contributed by atoms with van der Waals surface area (Å²) in [7, 11) is 0. The number of hydrogen-bond acceptors (Lipinski definition) is 15. The Labute approximate surface area is 390 Å². The van der Waals surface area contributed by atoms with Gasteiger partial charge in [0.15, 0.2) is 18.7 Å². The monoisotopic (exact) mass is 933 g/mol. The van der Waals surface area contributed by atoms with Gasteiger partial charge in [-0.25, -0.2) is 0 Å². The Bertz CT molecular complexity index is 1190. The Kier molecular flexibility index (Phi) is 34.8. The predicted molar refractivity (Wildman–Crippen MR) is 248 cm³/mol. The summed E-state index contributed by atoms with van der Waals surface area (Å²) in [5, 5.41) is 72.0. The van der Waals surface area contributed by atoms with Gasteiger partial charge in [-0.3, -0.25) is 9.59 Å². The third-order valence-corrected chi connectivity index (χ3v) is 12.5. The van der Waals surface area contributed by atoms with Crippen LogP contribution in [0.15, 0.2) is 12.2 Å². The van der Waals surface area contributed by atoms with Crippen molar-refractivity contribution in [3.8, 4) is 0 Å². The molecule has 15 heteroatoms. The van der Waals surface area contributed by atoms with Crippen molar-refractivity contribution in [2.24, 2.45) is 0 Å². The van der Waals surface area contributed by atoms with Gasteiger partial charge in [0.1, 0.15) is 55.4 Å². The molecule has 2 saturated heterocycles. The Morgan fingerprint density at radius 2 is 0.908 bits per heavy atom. The van der Waals surface area contributed by atoms with Gasteiger partial charge < -0.3 is 64.2 Å². The van der Waals surface area contributed by atoms with Crippen LogP contribution < -0.4 is 0 Å². The number of hydrogen-bond donors (Lipinski definition) is 7. The van der Waals surface area contributed by atoms with Gasteiger partial charge in [-0.05, 0) is 25.7 Å². The molecule has 11 atom stereocenters. The molecule has 0 spiro atoms. The maximum atomic E-state index is 13.0. The molecule has 0 saturated carbocycles. The highest BCUT2D eigenvalue weighted by Crippen LogP contribution is 2.26. The third-order valence-electron chi connectivity index (χ3n) is 12.5. The quantitative estimate of drug-likeness (QED) is 0.0187. The second-order valence-corrected chi connectivity index (χ2v) is 18.4. The van der Waals surface area contributed by atoms with Gasteiger partial charge in [0, 0.05) is 12.8 Å². The maximum absolute atomic E-state index is 13.0. The number of aliphatic hydroxyl groups is 7. The number of aliphatic hydroxyl groups excluding tert-OH is 7. The predicted octanol–water partition coefficient (Wildman–Crippen LogP) is 6.99. The molecule has 15 nitrogen and oxygen atoms in total. The second-order valence-electron chi connectivity index (χ2n) is 18.4. The van der Waals surface area contributed by atoms with Crippen LogP contribution in [0.4, 0.5) is 0 Å². The fourth-order valence-electron chi connectivity index (χ4n) is 8.24. The maximum Gasteiger partial charge on any atom is 0.306 e. The van der Waals surface area contributed by atoms with E-state index in [4.69, 9.17) is 28.4 Å². The zero-order chi connectivity index (χ0) is 47.5. The smallest absolute Gasteiger partial charge is 0.306 e. The molecule has 0 aromatic rings. The molecule has 4 unspecified atom stereocenters. The van der Waals surface area contributed by atoms with Crippen LogP contribution in [-0.4, -0.2) is 142 Å². The molecule has 0 amide bonds. The number of rotatable bonds is 40. The molecule has 2 heterocycles. The first-order chi connectivity index (χ1) is 31.5. The molecule has 2 rings (SSSR count). The minimum atomic E-state index is -1.76. The topological polar surface area (TPSA) is 231 Å². The van der Waals surface area contributed by atoms with Crippen molar-refractivity contribution in [1.82, 2.24) is 0 Å². The van der Waals surface area contributed by atoms with E-state index in [9.17, 15) is 45.3 Å². The summed E-state index contributed by atoms with van der Waals surface area (Å²) in [5.41, 5.74) is 0. The lowest BCUT2D eigenvalue weighted by atomic mass is 9.98. The number of esters is 2. The van der Waals surface area contributed by atoms with Gasteiger partial charge >= 0.3 is 11.9 Å². The number of ether oxygens (including phenoxy) is 6. The highest BCUT2D eigenvalue weighted by molar-refractivity contribution is 5.70. The minimum absolute atomic E-state index is 0.139. The number of carbonyl (C=O) groups is 2. The molecule has 2 aliphatic heterocycles. The van der Waals surface area contributed by atoms with Gasteiger partial charge in [-0.1, -0.05) is 174 Å². The average molecular weight is 933 g/mol. The second kappa shape index (κ2) is 38.1. The summed E-state index contributed by atoms with van der Waals surface area (Å²) in [5.74, 6) is -0.972. The van der Waals surface area contributed by atoms with E-state index in [0.29, 0.717) is 12.8 Å². The van der Waals surface area contributed by atoms with Crippen LogP contribution in [0.3, 0.4) is 0 Å². The van der Waals surface area contributed by atoms with Crippen molar-refractivity contribution in [1.29, 1.82) is 0 Å². The van der Waals surface area contributed by atoms with Crippen LogP contribution in [0.5, 0.6) is 0 Å². The average Bonchev–Trinajstić information content (AvgIpc) is 3.30. The van der Waals surface area contributed by atoms with Gasteiger partial charge in [-0.15, -0.1) is 0 Å². The zero-order valence-corrected chi connectivity index (χ0v) is 40.2. The fraction of sp³-hybridized carbons (Fsp3) is 0.920. The molecular formula is C50H92O15. The fourth-order valence-corrected chi connectivity index (χ4v) is 8.24. The number of carbonyl (C=O) groups excluding carboxylic acids is 2. The lowest BCUT2D eigenvalue weighted by Gasteiger charge is -2.42. The summed E-state index contributed by atoms with van der Waals surface area (Å²) < 4.78 is 33.5. The molecule has 65 heavy (non-hydrogen) atoms. The minimum Gasteiger partial charge on any atom is -0.462 e. The molecule has 0 aromatic heterocycles. The molecular weight excluding hydrogens is 841 g/mol. The summed E-state index contributed by atoms with van der Waals surface area (Å²) in [6.07, 6.45) is 19.7. The summed E-state index contributed by atoms with van der Waals surface area (Å²) in [4.78, 5) is 25.7. The van der Waals surface area contributed by atoms with E-state index in [1.54, 1.807) is 0 Å². The lowest BCUT2D eigenvalue weighted by Crippen LogP contribution is -2.61. The number of unbranched alkanes of at least 4 members (excludes halogenated alkanes) is 24. The van der Waals surface area contributed by atoms with Crippen molar-refractivity contribution >= 4 is 11.9 Å². The van der Waals surface area contributed by atoms with Crippen molar-refractivity contribution in [3.05, 3.63) is 12.2 Å². The first-order valence-electron chi connectivity index (χ1n) is 25.8. The first-order valence-corrected chi connectivity index (χ1v) is 25.8. The first kappa shape index (κ1) is 59.4. The molecule has 2 aliphatic rings. The van der Waals surface area contributed by atoms with Gasteiger partial charge in [0.05, 0.1) is 19.8 Å². The Hall–Kier alpha value is -1.76. The standard InChI is InChI=1S/C50H92O15/c1-3-5-7-9-11-13-15-17-19-21-22-24-26-28-30-32-41(52)60-35-38(63-42(53)33-31-29-27-25-23-20-18-16-14-12-10-8-6-4-2)36-61-49-48(59)46(57)44(55)40(65-49)37-62-50-47(58)45(56)43(54)39(34-51)64-50/h26,28,38-40,43-51,54-59H,3-25,27,29-37H2,1-2H3/b28-26+/t38-,39-,40-,43+,44+,45?,46?,47?,48?,49-,50-/m1/s1. The van der Waals surface area contributed by atoms with E-state index in [-0.39, 0.29) is 26.1 Å². The molecule has 0 aromatic carbocycles. The van der Waals surface area contributed by atoms with Crippen LogP contribution >= 0.6 is 0 Å². The van der Waals surface area contributed by atoms with Gasteiger partial charge in [0.25, 0.3) is 0 Å².